The third-order valence-corrected chi connectivity index (χ3v) is 3.31. The van der Waals surface area contributed by atoms with E-state index in [0.717, 1.165) is 36.8 Å². The maximum Gasteiger partial charge on any atom is 0.224 e. The highest BCUT2D eigenvalue weighted by Gasteiger charge is 2.27. The Labute approximate surface area is 123 Å². The number of anilines is 1. The molecule has 3 rings (SSSR count). The molecule has 104 valence electrons. The maximum atomic E-state index is 5.86. The first-order chi connectivity index (χ1) is 9.74. The largest absolute Gasteiger partial charge is 0.439 e. The molecule has 0 atom stereocenters. The van der Waals surface area contributed by atoms with Crippen LogP contribution in [0.3, 0.4) is 0 Å². The zero-order valence-electron chi connectivity index (χ0n) is 11.3. The second-order valence-electron chi connectivity index (χ2n) is 4.81. The Morgan fingerprint density at radius 2 is 2.00 bits per heavy atom. The van der Waals surface area contributed by atoms with E-state index in [2.05, 4.69) is 15.3 Å². The van der Waals surface area contributed by atoms with Crippen molar-refractivity contribution in [2.75, 3.05) is 11.9 Å². The molecule has 1 aromatic carbocycles. The highest BCUT2D eigenvalue weighted by atomic mass is 35.5. The van der Waals surface area contributed by atoms with Crippen molar-refractivity contribution in [1.82, 2.24) is 9.97 Å². The predicted octanol–water partition coefficient (Wildman–Crippen LogP) is 4.23. The van der Waals surface area contributed by atoms with Crippen LogP contribution >= 0.6 is 11.6 Å². The van der Waals surface area contributed by atoms with E-state index in [4.69, 9.17) is 16.3 Å². The molecule has 1 N–H and O–H groups in total. The Morgan fingerprint density at radius 1 is 1.25 bits per heavy atom. The lowest BCUT2D eigenvalue weighted by atomic mass is 10.3. The van der Waals surface area contributed by atoms with Crippen LogP contribution in [-0.2, 0) is 0 Å². The quantitative estimate of drug-likeness (QED) is 0.895. The molecule has 1 aliphatic carbocycles. The minimum atomic E-state index is 0.487. The van der Waals surface area contributed by atoms with Crippen LogP contribution in [0.1, 0.15) is 31.5 Å². The molecule has 1 heterocycles. The van der Waals surface area contributed by atoms with Crippen molar-refractivity contribution in [3.63, 3.8) is 0 Å². The topological polar surface area (TPSA) is 47.0 Å². The second kappa shape index (κ2) is 5.67. The van der Waals surface area contributed by atoms with Crippen molar-refractivity contribution in [2.24, 2.45) is 0 Å². The van der Waals surface area contributed by atoms with Gasteiger partial charge in [-0.2, -0.15) is 4.98 Å². The van der Waals surface area contributed by atoms with Crippen LogP contribution in [-0.4, -0.2) is 16.5 Å². The van der Waals surface area contributed by atoms with Crippen molar-refractivity contribution in [3.8, 4) is 11.6 Å². The maximum absolute atomic E-state index is 5.86. The molecule has 5 heteroatoms. The number of halogens is 1. The fraction of sp³-hybridized carbons (Fsp3) is 0.333. The van der Waals surface area contributed by atoms with Gasteiger partial charge < -0.3 is 10.1 Å². The van der Waals surface area contributed by atoms with Gasteiger partial charge in [-0.05, 0) is 44.0 Å². The predicted molar refractivity (Wildman–Crippen MR) is 79.7 cm³/mol. The lowest BCUT2D eigenvalue weighted by molar-refractivity contribution is 0.459. The number of hydrogen-bond acceptors (Lipinski definition) is 4. The van der Waals surface area contributed by atoms with Crippen LogP contribution in [0.4, 0.5) is 5.82 Å². The molecule has 0 saturated heterocycles. The lowest BCUT2D eigenvalue weighted by Gasteiger charge is -2.09. The van der Waals surface area contributed by atoms with E-state index < -0.39 is 0 Å². The van der Waals surface area contributed by atoms with E-state index in [-0.39, 0.29) is 0 Å². The van der Waals surface area contributed by atoms with Crippen LogP contribution in [0.2, 0.25) is 5.02 Å². The van der Waals surface area contributed by atoms with Crippen molar-refractivity contribution in [1.29, 1.82) is 0 Å². The van der Waals surface area contributed by atoms with Gasteiger partial charge in [0.1, 0.15) is 17.4 Å². The van der Waals surface area contributed by atoms with E-state index in [9.17, 15) is 0 Å². The Bertz CT molecular complexity index is 597. The third-order valence-electron chi connectivity index (χ3n) is 3.06. The molecule has 1 fully saturated rings. The van der Waals surface area contributed by atoms with Crippen molar-refractivity contribution in [2.45, 2.75) is 25.7 Å². The molecule has 0 unspecified atom stereocenters. The molecule has 0 spiro atoms. The summed E-state index contributed by atoms with van der Waals surface area (Å²) < 4.78 is 5.79. The molecule has 0 bridgehead atoms. The van der Waals surface area contributed by atoms with Crippen molar-refractivity contribution in [3.05, 3.63) is 41.2 Å². The van der Waals surface area contributed by atoms with Crippen LogP contribution < -0.4 is 10.1 Å². The molecule has 1 saturated carbocycles. The Morgan fingerprint density at radius 3 is 2.65 bits per heavy atom. The van der Waals surface area contributed by atoms with Gasteiger partial charge >= 0.3 is 0 Å². The van der Waals surface area contributed by atoms with Crippen LogP contribution in [0.25, 0.3) is 0 Å². The van der Waals surface area contributed by atoms with Crippen LogP contribution in [0, 0.1) is 0 Å². The fourth-order valence-electron chi connectivity index (χ4n) is 1.91. The highest BCUT2D eigenvalue weighted by molar-refractivity contribution is 6.30. The zero-order chi connectivity index (χ0) is 13.9. The van der Waals surface area contributed by atoms with Gasteiger partial charge in [0, 0.05) is 23.6 Å². The molecular formula is C15H16ClN3O. The third kappa shape index (κ3) is 3.20. The summed E-state index contributed by atoms with van der Waals surface area (Å²) in [7, 11) is 0. The molecule has 0 aliphatic heterocycles. The smallest absolute Gasteiger partial charge is 0.224 e. The fourth-order valence-corrected chi connectivity index (χ4v) is 2.04. The molecule has 4 nitrogen and oxygen atoms in total. The van der Waals surface area contributed by atoms with E-state index in [1.165, 1.54) is 0 Å². The minimum absolute atomic E-state index is 0.487. The van der Waals surface area contributed by atoms with Gasteiger partial charge in [-0.25, -0.2) is 4.98 Å². The van der Waals surface area contributed by atoms with Gasteiger partial charge in [0.15, 0.2) is 0 Å². The monoisotopic (exact) mass is 289 g/mol. The van der Waals surface area contributed by atoms with Gasteiger partial charge in [-0.1, -0.05) is 11.6 Å². The van der Waals surface area contributed by atoms with E-state index in [1.54, 1.807) is 12.1 Å². The minimum Gasteiger partial charge on any atom is -0.439 e. The van der Waals surface area contributed by atoms with E-state index in [0.29, 0.717) is 16.8 Å². The van der Waals surface area contributed by atoms with E-state index in [1.807, 2.05) is 25.1 Å². The Balaban J connectivity index is 1.85. The molecule has 20 heavy (non-hydrogen) atoms. The number of hydrogen-bond donors (Lipinski definition) is 1. The van der Waals surface area contributed by atoms with Gasteiger partial charge in [-0.3, -0.25) is 0 Å². The molecular weight excluding hydrogens is 274 g/mol. The lowest BCUT2D eigenvalue weighted by Crippen LogP contribution is -2.04. The Hall–Kier alpha value is -1.81. The number of nitrogens with zero attached hydrogens (tertiary/aromatic N) is 2. The summed E-state index contributed by atoms with van der Waals surface area (Å²) in [5, 5.41) is 3.90. The average Bonchev–Trinajstić information content (AvgIpc) is 3.26. The van der Waals surface area contributed by atoms with Crippen LogP contribution in [0.5, 0.6) is 11.6 Å². The first kappa shape index (κ1) is 13.2. The number of nitrogens with one attached hydrogen (secondary N) is 1. The van der Waals surface area contributed by atoms with Crippen LogP contribution in [0.15, 0.2) is 30.3 Å². The van der Waals surface area contributed by atoms with Gasteiger partial charge in [0.05, 0.1) is 0 Å². The van der Waals surface area contributed by atoms with Gasteiger partial charge in [0.2, 0.25) is 5.88 Å². The number of benzene rings is 1. The first-order valence-corrected chi connectivity index (χ1v) is 7.18. The van der Waals surface area contributed by atoms with Crippen molar-refractivity contribution < 1.29 is 4.74 Å². The SMILES string of the molecule is CCNc1cc(Oc2ccc(Cl)cc2)nc(C2CC2)n1. The molecule has 2 aromatic rings. The highest BCUT2D eigenvalue weighted by Crippen LogP contribution is 2.39. The normalized spacial score (nSPS) is 14.1. The summed E-state index contributed by atoms with van der Waals surface area (Å²) in [5.74, 6) is 3.46. The summed E-state index contributed by atoms with van der Waals surface area (Å²) in [5.41, 5.74) is 0. The van der Waals surface area contributed by atoms with Gasteiger partial charge in [-0.15, -0.1) is 0 Å². The standard InChI is InChI=1S/C15H16ClN3O/c1-2-17-13-9-14(19-15(18-13)10-3-4-10)20-12-7-5-11(16)6-8-12/h5-10H,2-4H2,1H3,(H,17,18,19). The summed E-state index contributed by atoms with van der Waals surface area (Å²) >= 11 is 5.86. The molecule has 1 aliphatic rings. The molecule has 0 radical (unpaired) electrons. The zero-order valence-corrected chi connectivity index (χ0v) is 12.0. The summed E-state index contributed by atoms with van der Waals surface area (Å²) in [6.07, 6.45) is 2.33. The van der Waals surface area contributed by atoms with Crippen molar-refractivity contribution >= 4 is 17.4 Å². The van der Waals surface area contributed by atoms with E-state index >= 15 is 0 Å². The Kier molecular flexibility index (Phi) is 3.74. The summed E-state index contributed by atoms with van der Waals surface area (Å²) in [6.45, 7) is 2.86. The summed E-state index contributed by atoms with van der Waals surface area (Å²) in [4.78, 5) is 9.01. The molecule has 1 aromatic heterocycles. The van der Waals surface area contributed by atoms with Gasteiger partial charge in [0.25, 0.3) is 0 Å². The second-order valence-corrected chi connectivity index (χ2v) is 5.25. The molecule has 0 amide bonds. The average molecular weight is 290 g/mol. The number of rotatable bonds is 5. The number of aromatic nitrogens is 2. The number of ether oxygens (including phenoxy) is 1. The first-order valence-electron chi connectivity index (χ1n) is 6.81. The summed E-state index contributed by atoms with van der Waals surface area (Å²) in [6, 6.07) is 9.07.